The highest BCUT2D eigenvalue weighted by Gasteiger charge is 2.47. The first-order valence-electron chi connectivity index (χ1n) is 11.7. The highest BCUT2D eigenvalue weighted by Crippen LogP contribution is 2.42. The number of ketones is 1. The zero-order valence-electron chi connectivity index (χ0n) is 19.5. The van der Waals surface area contributed by atoms with Crippen LogP contribution in [0, 0.1) is 0 Å². The number of likely N-dealkylation sites (N-methyl/N-ethyl adjacent to an activating group) is 1. The minimum Gasteiger partial charge on any atom is -0.494 e. The number of amides is 1. The number of hydrogen-bond acceptors (Lipinski definition) is 4. The highest BCUT2D eigenvalue weighted by atomic mass is 19.4. The summed E-state index contributed by atoms with van der Waals surface area (Å²) in [7, 11) is 1.95. The summed E-state index contributed by atoms with van der Waals surface area (Å²) < 4.78 is 46.4. The Bertz CT molecular complexity index is 1040. The molecule has 0 saturated carbocycles. The molecule has 9 heteroatoms. The van der Waals surface area contributed by atoms with E-state index in [4.69, 9.17) is 4.74 Å². The number of Topliss-reactive ketones (excluding diaryl/α,β-unsaturated/α-hetero) is 1. The molecule has 1 spiro atoms. The molecule has 34 heavy (non-hydrogen) atoms. The molecular weight excluding hydrogens is 447 g/mol. The molecule has 4 rings (SSSR count). The molecule has 184 valence electrons. The molecule has 6 nitrogen and oxygen atoms in total. The third-order valence-electron chi connectivity index (χ3n) is 7.08. The normalized spacial score (nSPS) is 18.1. The SMILES string of the molecule is CCCCOc1ccc(C(=O)N2CCC3(CC2)c2ccc(C(=O)C(F)(F)F)n2CCN3C)cc1. The standard InChI is InChI=1S/C25H30F3N3O3/c1-3-4-17-34-19-7-5-18(6-8-19)23(33)30-13-11-24(12-14-30)21-10-9-20(22(32)25(26,27)28)31(21)16-15-29(24)2/h5-10H,3-4,11-17H2,1-2H3. The predicted molar refractivity (Wildman–Crippen MR) is 121 cm³/mol. The summed E-state index contributed by atoms with van der Waals surface area (Å²) in [6.45, 7) is 4.55. The van der Waals surface area contributed by atoms with E-state index in [0.717, 1.165) is 24.3 Å². The molecule has 1 fully saturated rings. The quantitative estimate of drug-likeness (QED) is 0.455. The number of aromatic nitrogens is 1. The molecule has 0 aliphatic carbocycles. The molecule has 3 heterocycles. The number of carbonyl (C=O) groups is 2. The Morgan fingerprint density at radius 3 is 2.29 bits per heavy atom. The highest BCUT2D eigenvalue weighted by molar-refractivity contribution is 5.99. The number of alkyl halides is 3. The fourth-order valence-corrected chi connectivity index (χ4v) is 5.05. The topological polar surface area (TPSA) is 54.8 Å². The largest absolute Gasteiger partial charge is 0.494 e. The van der Waals surface area contributed by atoms with Gasteiger partial charge in [0.1, 0.15) is 5.75 Å². The van der Waals surface area contributed by atoms with Gasteiger partial charge in [-0.25, -0.2) is 0 Å². The van der Waals surface area contributed by atoms with Crippen molar-refractivity contribution >= 4 is 11.7 Å². The number of unbranched alkanes of at least 4 members (excludes halogenated alkanes) is 1. The molecule has 1 aromatic carbocycles. The number of halogens is 3. The number of nitrogens with zero attached hydrogens (tertiary/aromatic N) is 3. The van der Waals surface area contributed by atoms with Crippen LogP contribution >= 0.6 is 0 Å². The number of hydrogen-bond donors (Lipinski definition) is 0. The number of benzene rings is 1. The fourth-order valence-electron chi connectivity index (χ4n) is 5.05. The average molecular weight is 478 g/mol. The maximum atomic E-state index is 13.1. The van der Waals surface area contributed by atoms with E-state index in [9.17, 15) is 22.8 Å². The van der Waals surface area contributed by atoms with Gasteiger partial charge in [-0.3, -0.25) is 14.5 Å². The van der Waals surface area contributed by atoms with Crippen molar-refractivity contribution < 1.29 is 27.5 Å². The first-order valence-corrected chi connectivity index (χ1v) is 11.7. The molecule has 0 atom stereocenters. The van der Waals surface area contributed by atoms with E-state index >= 15 is 0 Å². The first-order chi connectivity index (χ1) is 16.2. The summed E-state index contributed by atoms with van der Waals surface area (Å²) in [5.41, 5.74) is 0.484. The zero-order valence-corrected chi connectivity index (χ0v) is 19.5. The third kappa shape index (κ3) is 4.45. The molecule has 2 aliphatic rings. The third-order valence-corrected chi connectivity index (χ3v) is 7.08. The number of rotatable bonds is 6. The molecule has 0 bridgehead atoms. The van der Waals surface area contributed by atoms with Crippen LogP contribution in [0.1, 0.15) is 59.1 Å². The molecular formula is C25H30F3N3O3. The molecule has 1 aromatic heterocycles. The molecule has 0 N–H and O–H groups in total. The molecule has 1 amide bonds. The van der Waals surface area contributed by atoms with Crippen molar-refractivity contribution in [3.05, 3.63) is 53.3 Å². The van der Waals surface area contributed by atoms with Crippen LogP contribution in [-0.2, 0) is 12.1 Å². The minimum absolute atomic E-state index is 0.0725. The van der Waals surface area contributed by atoms with Crippen LogP contribution in [0.25, 0.3) is 0 Å². The van der Waals surface area contributed by atoms with Crippen LogP contribution in [0.5, 0.6) is 5.75 Å². The Labute approximate surface area is 197 Å². The second-order valence-electron chi connectivity index (χ2n) is 9.05. The van der Waals surface area contributed by atoms with Crippen LogP contribution in [0.4, 0.5) is 13.2 Å². The van der Waals surface area contributed by atoms with Crippen LogP contribution < -0.4 is 4.74 Å². The Morgan fingerprint density at radius 2 is 1.68 bits per heavy atom. The van der Waals surface area contributed by atoms with Crippen molar-refractivity contribution in [2.24, 2.45) is 0 Å². The van der Waals surface area contributed by atoms with E-state index < -0.39 is 17.5 Å². The van der Waals surface area contributed by atoms with E-state index in [1.54, 1.807) is 35.2 Å². The molecule has 2 aliphatic heterocycles. The van der Waals surface area contributed by atoms with Gasteiger partial charge in [-0.15, -0.1) is 0 Å². The lowest BCUT2D eigenvalue weighted by Gasteiger charge is -2.50. The van der Waals surface area contributed by atoms with Gasteiger partial charge in [-0.05, 0) is 62.7 Å². The lowest BCUT2D eigenvalue weighted by molar-refractivity contribution is -0.0892. The van der Waals surface area contributed by atoms with Crippen molar-refractivity contribution in [2.45, 2.75) is 50.9 Å². The van der Waals surface area contributed by atoms with Crippen LogP contribution in [-0.4, -0.2) is 65.5 Å². The maximum Gasteiger partial charge on any atom is 0.456 e. The van der Waals surface area contributed by atoms with E-state index in [-0.39, 0.29) is 11.6 Å². The molecule has 1 saturated heterocycles. The summed E-state index contributed by atoms with van der Waals surface area (Å²) in [5.74, 6) is -1.15. The van der Waals surface area contributed by atoms with Gasteiger partial charge in [0.05, 0.1) is 17.8 Å². The summed E-state index contributed by atoms with van der Waals surface area (Å²) in [5, 5.41) is 0. The lowest BCUT2D eigenvalue weighted by Crippen LogP contribution is -2.56. The van der Waals surface area contributed by atoms with Crippen molar-refractivity contribution in [3.8, 4) is 5.75 Å². The Balaban J connectivity index is 1.47. The summed E-state index contributed by atoms with van der Waals surface area (Å²) in [6.07, 6.45) is -1.72. The maximum absolute atomic E-state index is 13.1. The van der Waals surface area contributed by atoms with Gasteiger partial charge in [0.25, 0.3) is 11.7 Å². The Kier molecular flexibility index (Phi) is 6.75. The Hall–Kier alpha value is -2.81. The van der Waals surface area contributed by atoms with Crippen molar-refractivity contribution in [2.75, 3.05) is 33.3 Å². The van der Waals surface area contributed by atoms with E-state index in [0.29, 0.717) is 51.2 Å². The first kappa shape index (κ1) is 24.3. The summed E-state index contributed by atoms with van der Waals surface area (Å²) >= 11 is 0. The van der Waals surface area contributed by atoms with Gasteiger partial charge in [0, 0.05) is 37.4 Å². The van der Waals surface area contributed by atoms with Crippen LogP contribution in [0.3, 0.4) is 0 Å². The number of fused-ring (bicyclic) bond motifs is 2. The van der Waals surface area contributed by atoms with Crippen molar-refractivity contribution in [1.29, 1.82) is 0 Å². The van der Waals surface area contributed by atoms with E-state index in [2.05, 4.69) is 11.8 Å². The van der Waals surface area contributed by atoms with Crippen LogP contribution in [0.15, 0.2) is 36.4 Å². The van der Waals surface area contributed by atoms with Gasteiger partial charge in [0.2, 0.25) is 0 Å². The van der Waals surface area contributed by atoms with Crippen LogP contribution in [0.2, 0.25) is 0 Å². The van der Waals surface area contributed by atoms with Gasteiger partial charge in [-0.1, -0.05) is 13.3 Å². The van der Waals surface area contributed by atoms with E-state index in [1.165, 1.54) is 10.6 Å². The number of piperidine rings is 1. The van der Waals surface area contributed by atoms with Crippen molar-refractivity contribution in [1.82, 2.24) is 14.4 Å². The van der Waals surface area contributed by atoms with Gasteiger partial charge in [0.15, 0.2) is 0 Å². The smallest absolute Gasteiger partial charge is 0.456 e. The zero-order chi connectivity index (χ0) is 24.5. The minimum atomic E-state index is -4.90. The Morgan fingerprint density at radius 1 is 1.00 bits per heavy atom. The second kappa shape index (κ2) is 9.44. The van der Waals surface area contributed by atoms with E-state index in [1.807, 2.05) is 7.05 Å². The number of likely N-dealkylation sites (tertiary alicyclic amines) is 1. The number of carbonyl (C=O) groups excluding carboxylic acids is 2. The predicted octanol–water partition coefficient (Wildman–Crippen LogP) is 4.49. The monoisotopic (exact) mass is 477 g/mol. The second-order valence-corrected chi connectivity index (χ2v) is 9.05. The fraction of sp³-hybridized carbons (Fsp3) is 0.520. The number of ether oxygens (including phenoxy) is 1. The molecule has 2 aromatic rings. The summed E-state index contributed by atoms with van der Waals surface area (Å²) in [6, 6.07) is 10.1. The van der Waals surface area contributed by atoms with Gasteiger partial charge >= 0.3 is 6.18 Å². The van der Waals surface area contributed by atoms with Crippen molar-refractivity contribution in [3.63, 3.8) is 0 Å². The molecule has 0 unspecified atom stereocenters. The average Bonchev–Trinajstić information content (AvgIpc) is 3.26. The molecule has 0 radical (unpaired) electrons. The van der Waals surface area contributed by atoms with Gasteiger partial charge < -0.3 is 14.2 Å². The van der Waals surface area contributed by atoms with Gasteiger partial charge in [-0.2, -0.15) is 13.2 Å². The summed E-state index contributed by atoms with van der Waals surface area (Å²) in [4.78, 5) is 28.9. The lowest BCUT2D eigenvalue weighted by atomic mass is 9.81.